The van der Waals surface area contributed by atoms with Gasteiger partial charge in [0, 0.05) is 13.0 Å². The highest BCUT2D eigenvalue weighted by molar-refractivity contribution is 5.16. The van der Waals surface area contributed by atoms with Gasteiger partial charge in [0.2, 0.25) is 0 Å². The number of hydrogen-bond donors (Lipinski definition) is 1. The predicted octanol–water partition coefficient (Wildman–Crippen LogP) is 3.27. The van der Waals surface area contributed by atoms with Crippen LogP contribution in [0.5, 0.6) is 0 Å². The van der Waals surface area contributed by atoms with E-state index in [1.807, 2.05) is 6.92 Å². The van der Waals surface area contributed by atoms with Crippen LogP contribution in [0.1, 0.15) is 59.8 Å². The molecule has 2 atom stereocenters. The van der Waals surface area contributed by atoms with E-state index in [-0.39, 0.29) is 6.10 Å². The molecule has 1 saturated heterocycles. The monoisotopic (exact) mass is 265 g/mol. The molecule has 3 heteroatoms. The molecule has 0 aromatic carbocycles. The molecule has 1 aliphatic carbocycles. The lowest BCUT2D eigenvalue weighted by Gasteiger charge is -2.48. The van der Waals surface area contributed by atoms with Crippen molar-refractivity contribution >= 4 is 0 Å². The lowest BCUT2D eigenvalue weighted by atomic mass is 9.57. The fourth-order valence-corrected chi connectivity index (χ4v) is 3.98. The fraction of sp³-hybridized carbons (Fsp3) is 0.938. The van der Waals surface area contributed by atoms with Crippen molar-refractivity contribution in [1.29, 1.82) is 5.26 Å². The van der Waals surface area contributed by atoms with Gasteiger partial charge >= 0.3 is 0 Å². The average molecular weight is 265 g/mol. The van der Waals surface area contributed by atoms with Crippen molar-refractivity contribution in [1.82, 2.24) is 0 Å². The minimum atomic E-state index is -0.954. The van der Waals surface area contributed by atoms with Gasteiger partial charge < -0.3 is 9.84 Å². The molecule has 0 aromatic heterocycles. The summed E-state index contributed by atoms with van der Waals surface area (Å²) in [7, 11) is 0. The summed E-state index contributed by atoms with van der Waals surface area (Å²) >= 11 is 0. The molecule has 2 fully saturated rings. The van der Waals surface area contributed by atoms with E-state index in [0.29, 0.717) is 24.4 Å². The van der Waals surface area contributed by atoms with Crippen molar-refractivity contribution in [2.24, 2.45) is 16.7 Å². The van der Waals surface area contributed by atoms with E-state index in [1.54, 1.807) is 0 Å². The number of rotatable bonds is 1. The molecule has 2 unspecified atom stereocenters. The molecule has 1 heterocycles. The van der Waals surface area contributed by atoms with E-state index < -0.39 is 11.0 Å². The van der Waals surface area contributed by atoms with Crippen LogP contribution in [0.15, 0.2) is 0 Å². The first-order valence-corrected chi connectivity index (χ1v) is 7.50. The average Bonchev–Trinajstić information content (AvgIpc) is 2.70. The Morgan fingerprint density at radius 3 is 2.16 bits per heavy atom. The largest absolute Gasteiger partial charge is 0.385 e. The molecule has 0 radical (unpaired) electrons. The molecule has 19 heavy (non-hydrogen) atoms. The van der Waals surface area contributed by atoms with Gasteiger partial charge in [-0.25, -0.2) is 0 Å². The fourth-order valence-electron chi connectivity index (χ4n) is 3.98. The second-order valence-corrected chi connectivity index (χ2v) is 7.52. The van der Waals surface area contributed by atoms with Gasteiger partial charge in [-0.2, -0.15) is 5.26 Å². The van der Waals surface area contributed by atoms with Gasteiger partial charge in [-0.05, 0) is 43.9 Å². The minimum absolute atomic E-state index is 0.224. The molecule has 1 saturated carbocycles. The van der Waals surface area contributed by atoms with Gasteiger partial charge in [0.25, 0.3) is 0 Å². The van der Waals surface area contributed by atoms with E-state index in [9.17, 15) is 10.4 Å². The maximum absolute atomic E-state index is 11.0. The Labute approximate surface area is 117 Å². The van der Waals surface area contributed by atoms with E-state index in [0.717, 1.165) is 25.7 Å². The maximum atomic E-state index is 11.0. The highest BCUT2D eigenvalue weighted by atomic mass is 16.5. The summed E-state index contributed by atoms with van der Waals surface area (Å²) in [6.45, 7) is 9.29. The molecule has 0 amide bonds. The smallest absolute Gasteiger partial charge is 0.111 e. The van der Waals surface area contributed by atoms with Gasteiger partial charge in [0.05, 0.1) is 17.6 Å². The summed E-state index contributed by atoms with van der Waals surface area (Å²) in [5, 5.41) is 20.7. The molecule has 3 nitrogen and oxygen atoms in total. The molecule has 0 aromatic rings. The van der Waals surface area contributed by atoms with Gasteiger partial charge in [0.15, 0.2) is 0 Å². The third-order valence-electron chi connectivity index (χ3n) is 5.63. The molecule has 108 valence electrons. The summed E-state index contributed by atoms with van der Waals surface area (Å²) in [6.07, 6.45) is 4.05. The van der Waals surface area contributed by atoms with Crippen LogP contribution in [0.4, 0.5) is 0 Å². The Morgan fingerprint density at radius 1 is 1.21 bits per heavy atom. The van der Waals surface area contributed by atoms with Gasteiger partial charge in [0.1, 0.15) is 5.60 Å². The molecular formula is C16H27NO2. The zero-order valence-electron chi connectivity index (χ0n) is 12.7. The van der Waals surface area contributed by atoms with Crippen LogP contribution in [0, 0.1) is 28.1 Å². The number of nitrogens with zero attached hydrogens (tertiary/aromatic N) is 1. The van der Waals surface area contributed by atoms with Crippen molar-refractivity contribution in [2.75, 3.05) is 6.61 Å². The first kappa shape index (κ1) is 14.8. The zero-order chi connectivity index (χ0) is 14.3. The van der Waals surface area contributed by atoms with Crippen LogP contribution >= 0.6 is 0 Å². The van der Waals surface area contributed by atoms with Gasteiger partial charge in [-0.3, -0.25) is 0 Å². The Hall–Kier alpha value is -0.590. The third-order valence-corrected chi connectivity index (χ3v) is 5.63. The lowest BCUT2D eigenvalue weighted by molar-refractivity contribution is -0.118. The molecule has 2 aliphatic rings. The Kier molecular flexibility index (Phi) is 3.70. The summed E-state index contributed by atoms with van der Waals surface area (Å²) in [6, 6.07) is 2.47. The molecule has 1 aliphatic heterocycles. The van der Waals surface area contributed by atoms with Gasteiger partial charge in [-0.15, -0.1) is 0 Å². The lowest BCUT2D eigenvalue weighted by Crippen LogP contribution is -2.54. The van der Waals surface area contributed by atoms with E-state index >= 15 is 0 Å². The molecular weight excluding hydrogens is 238 g/mol. The SMILES string of the molecule is CC1OCCC1(O)C1(C#N)CCC(C(C)(C)C)CC1. The summed E-state index contributed by atoms with van der Waals surface area (Å²) in [5.41, 5.74) is -1.27. The molecule has 1 N–H and O–H groups in total. The third kappa shape index (κ3) is 2.30. The first-order chi connectivity index (χ1) is 8.75. The van der Waals surface area contributed by atoms with Crippen molar-refractivity contribution in [3.8, 4) is 6.07 Å². The van der Waals surface area contributed by atoms with Crippen LogP contribution in [-0.4, -0.2) is 23.4 Å². The summed E-state index contributed by atoms with van der Waals surface area (Å²) in [5.74, 6) is 0.648. The number of nitriles is 1. The summed E-state index contributed by atoms with van der Waals surface area (Å²) < 4.78 is 5.54. The van der Waals surface area contributed by atoms with Crippen molar-refractivity contribution in [3.05, 3.63) is 0 Å². The van der Waals surface area contributed by atoms with Crippen LogP contribution in [0.3, 0.4) is 0 Å². The topological polar surface area (TPSA) is 53.2 Å². The quantitative estimate of drug-likeness (QED) is 0.791. The molecule has 0 bridgehead atoms. The highest BCUT2D eigenvalue weighted by Crippen LogP contribution is 2.53. The number of aliphatic hydroxyl groups is 1. The second kappa shape index (κ2) is 4.75. The standard InChI is InChI=1S/C16H27NO2/c1-12-16(18,9-10-19-12)15(11-17)7-5-13(6-8-15)14(2,3)4/h12-13,18H,5-10H2,1-4H3. The maximum Gasteiger partial charge on any atom is 0.111 e. The van der Waals surface area contributed by atoms with E-state index in [1.165, 1.54) is 0 Å². The van der Waals surface area contributed by atoms with E-state index in [4.69, 9.17) is 4.74 Å². The van der Waals surface area contributed by atoms with Crippen molar-refractivity contribution < 1.29 is 9.84 Å². The first-order valence-electron chi connectivity index (χ1n) is 7.50. The van der Waals surface area contributed by atoms with Crippen molar-refractivity contribution in [3.63, 3.8) is 0 Å². The van der Waals surface area contributed by atoms with Crippen LogP contribution in [-0.2, 0) is 4.74 Å². The zero-order valence-corrected chi connectivity index (χ0v) is 12.7. The predicted molar refractivity (Wildman–Crippen MR) is 74.4 cm³/mol. The molecule has 0 spiro atoms. The number of ether oxygens (including phenoxy) is 1. The Balaban J connectivity index is 2.17. The Morgan fingerprint density at radius 2 is 1.79 bits per heavy atom. The van der Waals surface area contributed by atoms with E-state index in [2.05, 4.69) is 26.8 Å². The van der Waals surface area contributed by atoms with Gasteiger partial charge in [-0.1, -0.05) is 20.8 Å². The van der Waals surface area contributed by atoms with Crippen LogP contribution < -0.4 is 0 Å². The van der Waals surface area contributed by atoms with Crippen LogP contribution in [0.25, 0.3) is 0 Å². The summed E-state index contributed by atoms with van der Waals surface area (Å²) in [4.78, 5) is 0. The van der Waals surface area contributed by atoms with Crippen molar-refractivity contribution in [2.45, 2.75) is 71.5 Å². The number of hydrogen-bond acceptors (Lipinski definition) is 3. The second-order valence-electron chi connectivity index (χ2n) is 7.52. The Bertz CT molecular complexity index is 371. The molecule has 2 rings (SSSR count). The highest BCUT2D eigenvalue weighted by Gasteiger charge is 2.58. The normalized spacial score (nSPS) is 44.0. The van der Waals surface area contributed by atoms with Crippen LogP contribution in [0.2, 0.25) is 0 Å². The minimum Gasteiger partial charge on any atom is -0.385 e.